The molecule has 1 aliphatic rings. The summed E-state index contributed by atoms with van der Waals surface area (Å²) in [4.78, 5) is 0.308. The summed E-state index contributed by atoms with van der Waals surface area (Å²) in [6.07, 6.45) is 1.39. The third-order valence-electron chi connectivity index (χ3n) is 4.10. The predicted octanol–water partition coefficient (Wildman–Crippen LogP) is 1.81. The fourth-order valence-corrected chi connectivity index (χ4v) is 3.87. The minimum Gasteiger partial charge on any atom is -0.381 e. The van der Waals surface area contributed by atoms with Gasteiger partial charge in [-0.2, -0.15) is 0 Å². The zero-order valence-corrected chi connectivity index (χ0v) is 13.7. The molecule has 5 nitrogen and oxygen atoms in total. The summed E-state index contributed by atoms with van der Waals surface area (Å²) < 4.78 is 33.1. The first-order chi connectivity index (χ1) is 9.86. The van der Waals surface area contributed by atoms with Crippen molar-refractivity contribution < 1.29 is 13.2 Å². The molecule has 1 atom stereocenters. The molecule has 2 rings (SSSR count). The van der Waals surface area contributed by atoms with Crippen LogP contribution in [0.15, 0.2) is 29.2 Å². The molecule has 1 unspecified atom stereocenters. The first-order valence-electron chi connectivity index (χ1n) is 7.25. The Kier molecular flexibility index (Phi) is 5.03. The van der Waals surface area contributed by atoms with Crippen molar-refractivity contribution in [1.29, 1.82) is 0 Å². The van der Waals surface area contributed by atoms with Gasteiger partial charge < -0.3 is 10.1 Å². The molecule has 21 heavy (non-hydrogen) atoms. The summed E-state index contributed by atoms with van der Waals surface area (Å²) in [7, 11) is -1.62. The number of hydrogen-bond acceptors (Lipinski definition) is 4. The lowest BCUT2D eigenvalue weighted by atomic mass is 9.94. The van der Waals surface area contributed by atoms with Crippen LogP contribution >= 0.6 is 0 Å². The Morgan fingerprint density at radius 1 is 1.19 bits per heavy atom. The van der Waals surface area contributed by atoms with E-state index in [-0.39, 0.29) is 6.04 Å². The van der Waals surface area contributed by atoms with Crippen LogP contribution in [0.1, 0.15) is 38.3 Å². The molecule has 118 valence electrons. The van der Waals surface area contributed by atoms with Gasteiger partial charge in [0.2, 0.25) is 10.0 Å². The molecular weight excluding hydrogens is 288 g/mol. The normalized spacial score (nSPS) is 20.1. The van der Waals surface area contributed by atoms with E-state index in [9.17, 15) is 8.42 Å². The summed E-state index contributed by atoms with van der Waals surface area (Å²) in [5.74, 6) is 0. The van der Waals surface area contributed by atoms with Crippen LogP contribution in [0.25, 0.3) is 0 Å². The van der Waals surface area contributed by atoms with E-state index >= 15 is 0 Å². The van der Waals surface area contributed by atoms with Crippen molar-refractivity contribution in [3.63, 3.8) is 0 Å². The van der Waals surface area contributed by atoms with E-state index in [1.54, 1.807) is 12.1 Å². The molecule has 0 radical (unpaired) electrons. The highest BCUT2D eigenvalue weighted by molar-refractivity contribution is 7.89. The van der Waals surface area contributed by atoms with Gasteiger partial charge in [-0.25, -0.2) is 13.1 Å². The molecule has 0 amide bonds. The molecular formula is C15H24N2O3S. The monoisotopic (exact) mass is 312 g/mol. The highest BCUT2D eigenvalue weighted by Gasteiger charge is 2.32. The van der Waals surface area contributed by atoms with Gasteiger partial charge >= 0.3 is 0 Å². The van der Waals surface area contributed by atoms with Crippen LogP contribution in [0.5, 0.6) is 0 Å². The van der Waals surface area contributed by atoms with E-state index in [2.05, 4.69) is 10.0 Å². The first kappa shape index (κ1) is 16.4. The lowest BCUT2D eigenvalue weighted by molar-refractivity contribution is 0.0537. The van der Waals surface area contributed by atoms with E-state index in [0.29, 0.717) is 31.0 Å². The minimum atomic E-state index is -3.49. The maximum Gasteiger partial charge on any atom is 0.241 e. The molecule has 1 aliphatic heterocycles. The number of benzene rings is 1. The topological polar surface area (TPSA) is 67.4 Å². The molecule has 0 spiro atoms. The fourth-order valence-electron chi connectivity index (χ4n) is 2.41. The van der Waals surface area contributed by atoms with E-state index in [4.69, 9.17) is 4.74 Å². The maximum absolute atomic E-state index is 12.5. The molecule has 0 aromatic heterocycles. The quantitative estimate of drug-likeness (QED) is 0.870. The number of ether oxygens (including phenoxy) is 1. The second-order valence-electron chi connectivity index (χ2n) is 5.86. The van der Waals surface area contributed by atoms with E-state index in [0.717, 1.165) is 5.56 Å². The van der Waals surface area contributed by atoms with Crippen molar-refractivity contribution in [2.75, 3.05) is 20.3 Å². The van der Waals surface area contributed by atoms with Gasteiger partial charge in [0.25, 0.3) is 0 Å². The van der Waals surface area contributed by atoms with Crippen LogP contribution in [0.2, 0.25) is 0 Å². The van der Waals surface area contributed by atoms with Crippen molar-refractivity contribution in [1.82, 2.24) is 10.0 Å². The number of rotatable bonds is 5. The lowest BCUT2D eigenvalue weighted by Gasteiger charge is -2.34. The molecule has 1 heterocycles. The standard InChI is InChI=1S/C15H24N2O3S/c1-12(16-3)13-4-6-14(7-5-13)21(18,19)17-15(2)8-10-20-11-9-15/h4-7,12,16-17H,8-11H2,1-3H3. The number of sulfonamides is 1. The van der Waals surface area contributed by atoms with Crippen LogP contribution in [0.4, 0.5) is 0 Å². The molecule has 6 heteroatoms. The SMILES string of the molecule is CNC(C)c1ccc(S(=O)(=O)NC2(C)CCOCC2)cc1. The Labute approximate surface area is 127 Å². The Balaban J connectivity index is 2.15. The second-order valence-corrected chi connectivity index (χ2v) is 7.54. The Morgan fingerprint density at radius 3 is 2.29 bits per heavy atom. The van der Waals surface area contributed by atoms with Crippen LogP contribution in [-0.4, -0.2) is 34.2 Å². The largest absolute Gasteiger partial charge is 0.381 e. The molecule has 0 saturated carbocycles. The van der Waals surface area contributed by atoms with Crippen molar-refractivity contribution in [2.24, 2.45) is 0 Å². The highest BCUT2D eigenvalue weighted by atomic mass is 32.2. The summed E-state index contributed by atoms with van der Waals surface area (Å²) in [6.45, 7) is 5.16. The average molecular weight is 312 g/mol. The number of hydrogen-bond donors (Lipinski definition) is 2. The third kappa shape index (κ3) is 4.03. The first-order valence-corrected chi connectivity index (χ1v) is 8.74. The molecule has 0 aliphatic carbocycles. The minimum absolute atomic E-state index is 0.197. The second kappa shape index (κ2) is 6.44. The predicted molar refractivity (Wildman–Crippen MR) is 82.7 cm³/mol. The highest BCUT2D eigenvalue weighted by Crippen LogP contribution is 2.23. The van der Waals surface area contributed by atoms with Crippen LogP contribution < -0.4 is 10.0 Å². The van der Waals surface area contributed by atoms with Crippen molar-refractivity contribution in [3.8, 4) is 0 Å². The van der Waals surface area contributed by atoms with E-state index in [1.165, 1.54) is 0 Å². The number of nitrogens with one attached hydrogen (secondary N) is 2. The van der Waals surface area contributed by atoms with Crippen LogP contribution in [0.3, 0.4) is 0 Å². The smallest absolute Gasteiger partial charge is 0.241 e. The summed E-state index contributed by atoms with van der Waals surface area (Å²) in [6, 6.07) is 7.22. The molecule has 0 bridgehead atoms. The van der Waals surface area contributed by atoms with Gasteiger partial charge in [-0.15, -0.1) is 0 Å². The van der Waals surface area contributed by atoms with Crippen molar-refractivity contribution in [2.45, 2.75) is 43.2 Å². The van der Waals surface area contributed by atoms with Gasteiger partial charge in [-0.3, -0.25) is 0 Å². The van der Waals surface area contributed by atoms with Gasteiger partial charge in [0, 0.05) is 24.8 Å². The van der Waals surface area contributed by atoms with Gasteiger partial charge in [0.05, 0.1) is 4.90 Å². The molecule has 1 fully saturated rings. The maximum atomic E-state index is 12.5. The Bertz CT molecular complexity index is 563. The molecule has 1 aromatic rings. The van der Waals surface area contributed by atoms with Gasteiger partial charge in [0.15, 0.2) is 0 Å². The Morgan fingerprint density at radius 2 is 1.76 bits per heavy atom. The zero-order valence-electron chi connectivity index (χ0n) is 12.8. The summed E-state index contributed by atoms with van der Waals surface area (Å²) >= 11 is 0. The summed E-state index contributed by atoms with van der Waals surface area (Å²) in [5, 5.41) is 3.13. The van der Waals surface area contributed by atoms with Crippen LogP contribution in [0, 0.1) is 0 Å². The van der Waals surface area contributed by atoms with Crippen molar-refractivity contribution >= 4 is 10.0 Å². The van der Waals surface area contributed by atoms with Crippen LogP contribution in [-0.2, 0) is 14.8 Å². The summed E-state index contributed by atoms with van der Waals surface area (Å²) in [5.41, 5.74) is 0.641. The molecule has 1 saturated heterocycles. The Hall–Kier alpha value is -0.950. The third-order valence-corrected chi connectivity index (χ3v) is 5.75. The molecule has 2 N–H and O–H groups in total. The van der Waals surface area contributed by atoms with Gasteiger partial charge in [0.1, 0.15) is 0 Å². The fraction of sp³-hybridized carbons (Fsp3) is 0.600. The molecule has 1 aromatic carbocycles. The average Bonchev–Trinajstić information content (AvgIpc) is 2.46. The van der Waals surface area contributed by atoms with E-state index < -0.39 is 15.6 Å². The van der Waals surface area contributed by atoms with E-state index in [1.807, 2.05) is 33.0 Å². The van der Waals surface area contributed by atoms with Gasteiger partial charge in [-0.1, -0.05) is 12.1 Å². The van der Waals surface area contributed by atoms with Crippen molar-refractivity contribution in [3.05, 3.63) is 29.8 Å². The van der Waals surface area contributed by atoms with Gasteiger partial charge in [-0.05, 0) is 51.4 Å². The lowest BCUT2D eigenvalue weighted by Crippen LogP contribution is -2.49. The zero-order chi connectivity index (χ0) is 15.5.